The molecule has 0 rings (SSSR count). The van der Waals surface area contributed by atoms with Crippen LogP contribution in [0, 0.1) is 11.3 Å². The van der Waals surface area contributed by atoms with Crippen LogP contribution < -0.4 is 5.48 Å². The topological polar surface area (TPSA) is 71.4 Å². The number of carbonyl (C=O) groups excluding carboxylic acids is 1. The molecule has 1 unspecified atom stereocenters. The summed E-state index contributed by atoms with van der Waals surface area (Å²) in [7, 11) is 0. The Morgan fingerprint density at radius 3 is 2.43 bits per heavy atom. The van der Waals surface area contributed by atoms with Crippen LogP contribution in [-0.4, -0.2) is 25.0 Å². The number of hydrogen-bond donors (Lipinski definition) is 2. The van der Waals surface area contributed by atoms with Gasteiger partial charge >= 0.3 is 5.97 Å². The van der Waals surface area contributed by atoms with Crippen LogP contribution in [0.1, 0.15) is 20.8 Å². The SMILES string of the molecule is CCONC(=N)C(C)C(=O)OCC.Cl. The Balaban J connectivity index is 0. The molecule has 0 bridgehead atoms. The van der Waals surface area contributed by atoms with Gasteiger partial charge in [-0.15, -0.1) is 12.4 Å². The Morgan fingerprint density at radius 2 is 2.00 bits per heavy atom. The molecule has 5 nitrogen and oxygen atoms in total. The van der Waals surface area contributed by atoms with Crippen molar-refractivity contribution < 1.29 is 14.4 Å². The zero-order valence-corrected chi connectivity index (χ0v) is 9.44. The number of esters is 1. The molecule has 0 amide bonds. The molecule has 0 aliphatic heterocycles. The van der Waals surface area contributed by atoms with Crippen LogP contribution in [0.3, 0.4) is 0 Å². The third-order valence-electron chi connectivity index (χ3n) is 1.40. The van der Waals surface area contributed by atoms with E-state index in [4.69, 9.17) is 15.0 Å². The predicted molar refractivity (Wildman–Crippen MR) is 55.5 cm³/mol. The fraction of sp³-hybridized carbons (Fsp3) is 0.750. The van der Waals surface area contributed by atoms with E-state index in [0.29, 0.717) is 13.2 Å². The summed E-state index contributed by atoms with van der Waals surface area (Å²) in [5, 5.41) is 7.37. The first kappa shape index (κ1) is 15.7. The Hall–Kier alpha value is -0.810. The van der Waals surface area contributed by atoms with E-state index in [1.807, 2.05) is 0 Å². The summed E-state index contributed by atoms with van der Waals surface area (Å²) in [6.45, 7) is 5.87. The van der Waals surface area contributed by atoms with E-state index in [1.165, 1.54) is 0 Å². The fourth-order valence-corrected chi connectivity index (χ4v) is 0.623. The molecule has 0 radical (unpaired) electrons. The average Bonchev–Trinajstić information content (AvgIpc) is 2.13. The number of hydrogen-bond acceptors (Lipinski definition) is 4. The number of carbonyl (C=O) groups is 1. The van der Waals surface area contributed by atoms with Crippen molar-refractivity contribution in [2.45, 2.75) is 20.8 Å². The van der Waals surface area contributed by atoms with Gasteiger partial charge in [0.1, 0.15) is 11.8 Å². The van der Waals surface area contributed by atoms with E-state index < -0.39 is 11.9 Å². The maximum atomic E-state index is 11.1. The van der Waals surface area contributed by atoms with Crippen LogP contribution in [0.2, 0.25) is 0 Å². The monoisotopic (exact) mass is 224 g/mol. The van der Waals surface area contributed by atoms with Gasteiger partial charge in [-0.3, -0.25) is 20.5 Å². The van der Waals surface area contributed by atoms with Crippen LogP contribution in [0.25, 0.3) is 0 Å². The first-order valence-electron chi connectivity index (χ1n) is 4.26. The molecule has 84 valence electrons. The highest BCUT2D eigenvalue weighted by Gasteiger charge is 2.18. The van der Waals surface area contributed by atoms with E-state index >= 15 is 0 Å². The molecule has 0 aromatic carbocycles. The number of hydroxylamine groups is 1. The van der Waals surface area contributed by atoms with E-state index in [0.717, 1.165) is 0 Å². The van der Waals surface area contributed by atoms with Gasteiger partial charge < -0.3 is 4.74 Å². The van der Waals surface area contributed by atoms with Crippen LogP contribution in [0.5, 0.6) is 0 Å². The summed E-state index contributed by atoms with van der Waals surface area (Å²) >= 11 is 0. The van der Waals surface area contributed by atoms with Gasteiger partial charge in [-0.1, -0.05) is 0 Å². The smallest absolute Gasteiger partial charge is 0.316 e. The number of rotatable bonds is 5. The van der Waals surface area contributed by atoms with E-state index in [9.17, 15) is 4.79 Å². The lowest BCUT2D eigenvalue weighted by molar-refractivity contribution is -0.145. The number of amidine groups is 1. The Labute approximate surface area is 90.0 Å². The van der Waals surface area contributed by atoms with Crippen molar-refractivity contribution >= 4 is 24.2 Å². The summed E-state index contributed by atoms with van der Waals surface area (Å²) < 4.78 is 4.73. The van der Waals surface area contributed by atoms with Gasteiger partial charge in [-0.2, -0.15) is 0 Å². The minimum Gasteiger partial charge on any atom is -0.465 e. The molecule has 0 aliphatic carbocycles. The molecule has 0 saturated heterocycles. The molecule has 0 saturated carbocycles. The quantitative estimate of drug-likeness (QED) is 0.318. The molecule has 6 heteroatoms. The molecule has 0 aromatic heterocycles. The van der Waals surface area contributed by atoms with Gasteiger partial charge in [0.05, 0.1) is 13.2 Å². The van der Waals surface area contributed by atoms with Crippen LogP contribution in [0.4, 0.5) is 0 Å². The lowest BCUT2D eigenvalue weighted by atomic mass is 10.2. The second-order valence-corrected chi connectivity index (χ2v) is 2.42. The molecule has 0 heterocycles. The number of ether oxygens (including phenoxy) is 1. The van der Waals surface area contributed by atoms with Crippen LogP contribution in [0.15, 0.2) is 0 Å². The largest absolute Gasteiger partial charge is 0.465 e. The van der Waals surface area contributed by atoms with E-state index in [2.05, 4.69) is 5.48 Å². The normalized spacial score (nSPS) is 11.1. The predicted octanol–water partition coefficient (Wildman–Crippen LogP) is 1.13. The molecule has 0 fully saturated rings. The standard InChI is InChI=1S/C8H16N2O3.ClH/c1-4-12-8(11)6(3)7(9)10-13-5-2;/h6H,4-5H2,1-3H3,(H2,9,10);1H. The van der Waals surface area contributed by atoms with Crippen molar-refractivity contribution in [2.75, 3.05) is 13.2 Å². The highest BCUT2D eigenvalue weighted by Crippen LogP contribution is 1.98. The Morgan fingerprint density at radius 1 is 1.43 bits per heavy atom. The maximum absolute atomic E-state index is 11.1. The van der Waals surface area contributed by atoms with Gasteiger partial charge in [0, 0.05) is 0 Å². The van der Waals surface area contributed by atoms with Crippen LogP contribution in [-0.2, 0) is 14.4 Å². The third-order valence-corrected chi connectivity index (χ3v) is 1.40. The third kappa shape index (κ3) is 5.77. The van der Waals surface area contributed by atoms with Crippen molar-refractivity contribution in [3.05, 3.63) is 0 Å². The number of halogens is 1. The fourth-order valence-electron chi connectivity index (χ4n) is 0.623. The molecule has 0 aliphatic rings. The first-order chi connectivity index (χ1) is 6.13. The summed E-state index contributed by atoms with van der Waals surface area (Å²) in [5.41, 5.74) is 2.35. The Kier molecular flexibility index (Phi) is 9.81. The summed E-state index contributed by atoms with van der Waals surface area (Å²) in [5.74, 6) is -1.01. The second kappa shape index (κ2) is 8.77. The molecule has 0 aromatic rings. The van der Waals surface area contributed by atoms with Crippen molar-refractivity contribution in [3.63, 3.8) is 0 Å². The maximum Gasteiger partial charge on any atom is 0.316 e. The van der Waals surface area contributed by atoms with Gasteiger partial charge in [0.25, 0.3) is 0 Å². The lowest BCUT2D eigenvalue weighted by Crippen LogP contribution is -2.34. The minimum absolute atomic E-state index is 0. The second-order valence-electron chi connectivity index (χ2n) is 2.42. The van der Waals surface area contributed by atoms with Gasteiger partial charge in [-0.05, 0) is 20.8 Å². The van der Waals surface area contributed by atoms with Crippen LogP contribution >= 0.6 is 12.4 Å². The molecular weight excluding hydrogens is 208 g/mol. The van der Waals surface area contributed by atoms with Crippen molar-refractivity contribution in [1.29, 1.82) is 5.41 Å². The molecule has 2 N–H and O–H groups in total. The summed E-state index contributed by atoms with van der Waals surface area (Å²) in [4.78, 5) is 15.9. The molecule has 1 atom stereocenters. The summed E-state index contributed by atoms with van der Waals surface area (Å²) in [6.07, 6.45) is 0. The highest BCUT2D eigenvalue weighted by atomic mass is 35.5. The minimum atomic E-state index is -0.605. The average molecular weight is 225 g/mol. The van der Waals surface area contributed by atoms with Gasteiger partial charge in [0.15, 0.2) is 0 Å². The van der Waals surface area contributed by atoms with Crippen molar-refractivity contribution in [1.82, 2.24) is 5.48 Å². The lowest BCUT2D eigenvalue weighted by Gasteiger charge is -2.12. The van der Waals surface area contributed by atoms with Gasteiger partial charge in [-0.25, -0.2) is 0 Å². The van der Waals surface area contributed by atoms with Crippen molar-refractivity contribution in [2.24, 2.45) is 5.92 Å². The Bertz CT molecular complexity index is 187. The molecular formula is C8H17ClN2O3. The van der Waals surface area contributed by atoms with E-state index in [-0.39, 0.29) is 18.2 Å². The molecule has 0 spiro atoms. The molecule has 14 heavy (non-hydrogen) atoms. The van der Waals surface area contributed by atoms with Gasteiger partial charge in [0.2, 0.25) is 0 Å². The zero-order chi connectivity index (χ0) is 10.3. The first-order valence-corrected chi connectivity index (χ1v) is 4.26. The zero-order valence-electron chi connectivity index (χ0n) is 8.62. The highest BCUT2D eigenvalue weighted by molar-refractivity contribution is 5.98. The summed E-state index contributed by atoms with van der Waals surface area (Å²) in [6, 6.07) is 0. The van der Waals surface area contributed by atoms with E-state index in [1.54, 1.807) is 20.8 Å². The number of nitrogens with one attached hydrogen (secondary N) is 2. The van der Waals surface area contributed by atoms with Crippen molar-refractivity contribution in [3.8, 4) is 0 Å².